The Morgan fingerprint density at radius 1 is 0.851 bits per heavy atom. The summed E-state index contributed by atoms with van der Waals surface area (Å²) in [6, 6.07) is 17.4. The number of Topliss-reactive ketones (excluding diaryl/α,β-unsaturated/α-hetero) is 2. The van der Waals surface area contributed by atoms with Crippen molar-refractivity contribution < 1.29 is 9.59 Å². The van der Waals surface area contributed by atoms with Crippen molar-refractivity contribution in [2.45, 2.75) is 46.6 Å². The van der Waals surface area contributed by atoms with Gasteiger partial charge in [0.05, 0.1) is 26.5 Å². The molecule has 0 amide bonds. The molecule has 0 spiro atoms. The predicted molar refractivity (Wildman–Crippen MR) is 186 cm³/mol. The van der Waals surface area contributed by atoms with E-state index >= 15 is 0 Å². The van der Waals surface area contributed by atoms with Crippen molar-refractivity contribution in [2.24, 2.45) is 15.9 Å². The maximum absolute atomic E-state index is 13.5. The van der Waals surface area contributed by atoms with Crippen LogP contribution in [0.4, 0.5) is 10.0 Å². The summed E-state index contributed by atoms with van der Waals surface area (Å²) in [7, 11) is 0. The smallest absolute Gasteiger partial charge is 0.212 e. The number of hydrogen-bond donors (Lipinski definition) is 0. The molecule has 1 fully saturated rings. The molecule has 0 aliphatic heterocycles. The van der Waals surface area contributed by atoms with Crippen LogP contribution < -0.4 is 0 Å². The van der Waals surface area contributed by atoms with Gasteiger partial charge in [-0.15, -0.1) is 22.7 Å². The lowest BCUT2D eigenvalue weighted by molar-refractivity contribution is -0.109. The lowest BCUT2D eigenvalue weighted by atomic mass is 9.96. The number of fused-ring (bicyclic) bond motifs is 5. The maximum atomic E-state index is 13.5. The first-order valence-electron chi connectivity index (χ1n) is 15.3. The molecule has 10 heteroatoms. The lowest BCUT2D eigenvalue weighted by Crippen LogP contribution is -2.08. The monoisotopic (exact) mass is 650 g/mol. The first-order chi connectivity index (χ1) is 22.8. The van der Waals surface area contributed by atoms with E-state index in [0.29, 0.717) is 49.3 Å². The summed E-state index contributed by atoms with van der Waals surface area (Å²) in [5.74, 6) is -0.0959. The molecule has 1 saturated carbocycles. The van der Waals surface area contributed by atoms with Gasteiger partial charge >= 0.3 is 0 Å². The zero-order valence-electron chi connectivity index (χ0n) is 25.8. The fourth-order valence-electron chi connectivity index (χ4n) is 6.36. The average Bonchev–Trinajstić information content (AvgIpc) is 3.87. The Bertz CT molecular complexity index is 2400. The second-order valence-corrected chi connectivity index (χ2v) is 13.8. The molecule has 0 bridgehead atoms. The van der Waals surface area contributed by atoms with E-state index in [4.69, 9.17) is 9.98 Å². The third-order valence-corrected chi connectivity index (χ3v) is 11.1. The van der Waals surface area contributed by atoms with Gasteiger partial charge in [-0.05, 0) is 49.0 Å². The van der Waals surface area contributed by atoms with Crippen LogP contribution in [0.3, 0.4) is 0 Å². The first kappa shape index (κ1) is 30.2. The molecule has 228 valence electrons. The minimum Gasteiger partial charge on any atom is -0.339 e. The van der Waals surface area contributed by atoms with Crippen LogP contribution in [0.1, 0.15) is 56.0 Å². The number of nitrogens with zero attached hydrogens (tertiary/aromatic N) is 6. The van der Waals surface area contributed by atoms with E-state index in [9.17, 15) is 25.4 Å². The molecule has 47 heavy (non-hydrogen) atoms. The van der Waals surface area contributed by atoms with E-state index in [1.54, 1.807) is 13.0 Å². The number of benzene rings is 1. The van der Waals surface area contributed by atoms with Crippen molar-refractivity contribution >= 4 is 81.7 Å². The van der Waals surface area contributed by atoms with Crippen LogP contribution in [-0.4, -0.2) is 27.6 Å². The normalized spacial score (nSPS) is 19.0. The van der Waals surface area contributed by atoms with Gasteiger partial charge in [-0.1, -0.05) is 56.7 Å². The summed E-state index contributed by atoms with van der Waals surface area (Å²) in [6.45, 7) is 6.79. The van der Waals surface area contributed by atoms with Gasteiger partial charge in [0.2, 0.25) is 11.6 Å². The standard InChI is InChI=1S/C37H26N6O2S2/c1-4-19(2)18-43-26-13-28(41-32-30(20(3)15-38)22-9-5-7-11-24(22)34(32)44)46-36(26)37-27(43)14-29(47-37)42-33-31(21(16-39)17-40)23-10-6-8-12-25(23)35(33)45/h5,7,9-14,19H,4,6,8,18H2,1-3H3/b30-20-,41-32-,42-33-. The number of nitriles is 3. The molecule has 3 heterocycles. The number of aliphatic imine (C=N–C) groups is 2. The molecule has 0 N–H and O–H groups in total. The molecule has 4 aromatic rings. The summed E-state index contributed by atoms with van der Waals surface area (Å²) in [5, 5.41) is 30.5. The predicted octanol–water partition coefficient (Wildman–Crippen LogP) is 8.88. The summed E-state index contributed by atoms with van der Waals surface area (Å²) in [6.07, 6.45) is 6.20. The molecule has 0 radical (unpaired) electrons. The third-order valence-electron chi connectivity index (χ3n) is 8.85. The highest BCUT2D eigenvalue weighted by molar-refractivity contribution is 7.30. The molecule has 3 aromatic heterocycles. The van der Waals surface area contributed by atoms with Gasteiger partial charge < -0.3 is 4.57 Å². The van der Waals surface area contributed by atoms with Crippen molar-refractivity contribution in [3.63, 3.8) is 0 Å². The fraction of sp³-hybridized carbons (Fsp3) is 0.216. The average molecular weight is 651 g/mol. The lowest BCUT2D eigenvalue weighted by Gasteiger charge is -2.11. The summed E-state index contributed by atoms with van der Waals surface area (Å²) in [4.78, 5) is 36.7. The van der Waals surface area contributed by atoms with Crippen LogP contribution in [0.15, 0.2) is 86.4 Å². The van der Waals surface area contributed by atoms with Crippen LogP contribution in [0.5, 0.6) is 0 Å². The molecule has 1 unspecified atom stereocenters. The quantitative estimate of drug-likeness (QED) is 0.199. The van der Waals surface area contributed by atoms with Crippen molar-refractivity contribution in [1.82, 2.24) is 4.57 Å². The zero-order chi connectivity index (χ0) is 33.0. The molecule has 1 atom stereocenters. The minimum absolute atomic E-state index is 0.121. The summed E-state index contributed by atoms with van der Waals surface area (Å²) < 4.78 is 4.22. The highest BCUT2D eigenvalue weighted by Gasteiger charge is 2.38. The summed E-state index contributed by atoms with van der Waals surface area (Å²) in [5.41, 5.74) is 5.95. The van der Waals surface area contributed by atoms with Gasteiger partial charge in [-0.25, -0.2) is 9.98 Å². The van der Waals surface area contributed by atoms with Crippen LogP contribution in [0.2, 0.25) is 0 Å². The SMILES string of the molecule is CCC(C)Cn1c2cc(/N=C3\C(=O)C4=CCCC=C4C3=C(C#N)C#N)sc2c2sc(/N=C3\C(=O)c4ccccc4\C3=C(/C)C#N)cc21. The molecule has 1 aromatic carbocycles. The number of aromatic nitrogens is 1. The Morgan fingerprint density at radius 2 is 1.43 bits per heavy atom. The molecule has 3 aliphatic carbocycles. The van der Waals surface area contributed by atoms with Gasteiger partial charge in [-0.2, -0.15) is 15.8 Å². The van der Waals surface area contributed by atoms with Crippen LogP contribution in [0.25, 0.3) is 26.0 Å². The van der Waals surface area contributed by atoms with Gasteiger partial charge in [0.25, 0.3) is 0 Å². The number of thiophene rings is 2. The van der Waals surface area contributed by atoms with Crippen LogP contribution >= 0.6 is 22.7 Å². The Labute approximate surface area is 278 Å². The molecular weight excluding hydrogens is 625 g/mol. The third kappa shape index (κ3) is 4.75. The Kier molecular flexibility index (Phi) is 7.53. The van der Waals surface area contributed by atoms with Crippen molar-refractivity contribution in [3.05, 3.63) is 87.5 Å². The molecular formula is C37H26N6O2S2. The van der Waals surface area contributed by atoms with Crippen LogP contribution in [-0.2, 0) is 11.3 Å². The molecule has 3 aliphatic rings. The molecule has 8 nitrogen and oxygen atoms in total. The number of carbonyl (C=O) groups excluding carboxylic acids is 2. The highest BCUT2D eigenvalue weighted by atomic mass is 32.1. The van der Waals surface area contributed by atoms with Gasteiger partial charge in [0, 0.05) is 34.4 Å². The number of carbonyl (C=O) groups is 2. The van der Waals surface area contributed by atoms with Crippen molar-refractivity contribution in [2.75, 3.05) is 0 Å². The number of allylic oxidation sites excluding steroid dienone is 8. The Hall–Kier alpha value is -5.47. The zero-order valence-corrected chi connectivity index (χ0v) is 27.5. The van der Waals surface area contributed by atoms with Crippen molar-refractivity contribution in [3.8, 4) is 18.2 Å². The van der Waals surface area contributed by atoms with E-state index in [0.717, 1.165) is 51.8 Å². The van der Waals surface area contributed by atoms with E-state index in [2.05, 4.69) is 24.5 Å². The highest BCUT2D eigenvalue weighted by Crippen LogP contribution is 2.47. The van der Waals surface area contributed by atoms with E-state index in [-0.39, 0.29) is 28.6 Å². The Balaban J connectivity index is 1.40. The van der Waals surface area contributed by atoms with Crippen LogP contribution in [0, 0.1) is 39.9 Å². The topological polar surface area (TPSA) is 135 Å². The minimum atomic E-state index is -0.271. The molecule has 7 rings (SSSR count). The first-order valence-corrected chi connectivity index (χ1v) is 16.9. The molecule has 0 saturated heterocycles. The second kappa shape index (κ2) is 11.7. The number of rotatable bonds is 5. The largest absolute Gasteiger partial charge is 0.339 e. The van der Waals surface area contributed by atoms with E-state index < -0.39 is 0 Å². The van der Waals surface area contributed by atoms with E-state index in [1.165, 1.54) is 22.7 Å². The fourth-order valence-corrected chi connectivity index (χ4v) is 8.59. The van der Waals surface area contributed by atoms with E-state index in [1.807, 2.05) is 54.6 Å². The second-order valence-electron chi connectivity index (χ2n) is 11.7. The number of ketones is 2. The maximum Gasteiger partial charge on any atom is 0.212 e. The summed E-state index contributed by atoms with van der Waals surface area (Å²) >= 11 is 2.92. The van der Waals surface area contributed by atoms with Crippen molar-refractivity contribution in [1.29, 1.82) is 15.8 Å². The van der Waals surface area contributed by atoms with Gasteiger partial charge in [0.15, 0.2) is 0 Å². The Morgan fingerprint density at radius 3 is 2.00 bits per heavy atom. The number of hydrogen-bond acceptors (Lipinski definition) is 9. The van der Waals surface area contributed by atoms with Gasteiger partial charge in [-0.3, -0.25) is 9.59 Å². The van der Waals surface area contributed by atoms with Gasteiger partial charge in [0.1, 0.15) is 39.1 Å².